The van der Waals surface area contributed by atoms with E-state index < -0.39 is 46.4 Å². The molecular formula is C33H34F4N8O5. The number of carbonyl (C=O) groups excluding carboxylic acids is 2. The van der Waals surface area contributed by atoms with Crippen molar-refractivity contribution in [1.82, 2.24) is 29.0 Å². The lowest BCUT2D eigenvalue weighted by Crippen LogP contribution is -2.51. The van der Waals surface area contributed by atoms with Crippen molar-refractivity contribution in [2.24, 2.45) is 0 Å². The van der Waals surface area contributed by atoms with E-state index in [2.05, 4.69) is 20.4 Å². The van der Waals surface area contributed by atoms with Crippen LogP contribution in [0.25, 0.3) is 11.4 Å². The molecule has 2 aliphatic heterocycles. The first-order valence-corrected chi connectivity index (χ1v) is 15.9. The first-order valence-electron chi connectivity index (χ1n) is 15.9. The van der Waals surface area contributed by atoms with E-state index in [1.165, 1.54) is 24.8 Å². The second kappa shape index (κ2) is 13.5. The lowest BCUT2D eigenvalue weighted by atomic mass is 10.1. The van der Waals surface area contributed by atoms with Gasteiger partial charge in [-0.2, -0.15) is 22.7 Å². The molecule has 0 spiro atoms. The van der Waals surface area contributed by atoms with Gasteiger partial charge >= 0.3 is 6.18 Å². The third-order valence-electron chi connectivity index (χ3n) is 8.70. The van der Waals surface area contributed by atoms with Gasteiger partial charge in [0, 0.05) is 37.6 Å². The molecule has 13 nitrogen and oxygen atoms in total. The Kier molecular flexibility index (Phi) is 9.35. The second-order valence-electron chi connectivity index (χ2n) is 12.0. The van der Waals surface area contributed by atoms with Crippen LogP contribution in [0.15, 0.2) is 35.1 Å². The van der Waals surface area contributed by atoms with Crippen molar-refractivity contribution in [2.75, 3.05) is 49.6 Å². The number of amides is 2. The standard InChI is InChI=1S/C33H34F4N8O5/c1-4-24-27(42-9-11-43(12-10-42)30(48)26-28(47)22(34)16-19(3)38-26)31(49)45-32(40-29(41-45)20-7-13-50-14-8-20)44(24)17-25(46)39-23-6-5-21(15-18(23)2)33(35,36)37/h5-7,15-16,47H,4,8-14,17H2,1-3H3,(H,39,46). The quantitative estimate of drug-likeness (QED) is 0.276. The van der Waals surface area contributed by atoms with Gasteiger partial charge in [0.05, 0.1) is 24.5 Å². The van der Waals surface area contributed by atoms with Gasteiger partial charge in [-0.05, 0) is 62.1 Å². The number of ether oxygens (including phenoxy) is 1. The van der Waals surface area contributed by atoms with Crippen LogP contribution < -0.4 is 15.8 Å². The third kappa shape index (κ3) is 6.64. The number of hydrogen-bond donors (Lipinski definition) is 2. The van der Waals surface area contributed by atoms with Gasteiger partial charge in [-0.3, -0.25) is 14.4 Å². The number of anilines is 2. The summed E-state index contributed by atoms with van der Waals surface area (Å²) in [6, 6.07) is 4.06. The largest absolute Gasteiger partial charge is 0.503 e. The lowest BCUT2D eigenvalue weighted by molar-refractivity contribution is -0.137. The van der Waals surface area contributed by atoms with Crippen molar-refractivity contribution in [3.63, 3.8) is 0 Å². The summed E-state index contributed by atoms with van der Waals surface area (Å²) < 4.78 is 62.0. The van der Waals surface area contributed by atoms with Gasteiger partial charge in [0.25, 0.3) is 11.5 Å². The van der Waals surface area contributed by atoms with Crippen LogP contribution in [-0.4, -0.2) is 85.4 Å². The van der Waals surface area contributed by atoms with Crippen molar-refractivity contribution < 1.29 is 37.0 Å². The number of alkyl halides is 3. The van der Waals surface area contributed by atoms with E-state index in [0.717, 1.165) is 28.3 Å². The fraction of sp³-hybridized carbons (Fsp3) is 0.394. The number of aromatic nitrogens is 5. The molecule has 5 heterocycles. The Morgan fingerprint density at radius 2 is 1.82 bits per heavy atom. The number of rotatable bonds is 7. The predicted molar refractivity (Wildman–Crippen MR) is 174 cm³/mol. The minimum atomic E-state index is -4.54. The van der Waals surface area contributed by atoms with E-state index in [4.69, 9.17) is 4.74 Å². The van der Waals surface area contributed by atoms with Crippen LogP contribution in [0.4, 0.5) is 28.9 Å². The summed E-state index contributed by atoms with van der Waals surface area (Å²) >= 11 is 0. The van der Waals surface area contributed by atoms with Gasteiger partial charge in [-0.25, -0.2) is 9.37 Å². The lowest BCUT2D eigenvalue weighted by Gasteiger charge is -2.36. The number of halogens is 4. The maximum Gasteiger partial charge on any atom is 0.416 e. The molecule has 0 aliphatic carbocycles. The van der Waals surface area contributed by atoms with E-state index in [-0.39, 0.29) is 67.6 Å². The second-order valence-corrected chi connectivity index (χ2v) is 12.0. The Labute approximate surface area is 282 Å². The number of aromatic hydroxyl groups is 1. The number of nitrogens with zero attached hydrogens (tertiary/aromatic N) is 7. The molecule has 50 heavy (non-hydrogen) atoms. The highest BCUT2D eigenvalue weighted by molar-refractivity contribution is 5.95. The van der Waals surface area contributed by atoms with Gasteiger partial charge in [0.1, 0.15) is 12.2 Å². The van der Waals surface area contributed by atoms with Gasteiger partial charge < -0.3 is 29.5 Å². The molecule has 0 bridgehead atoms. The number of hydrogen-bond acceptors (Lipinski definition) is 9. The van der Waals surface area contributed by atoms with Crippen molar-refractivity contribution in [3.05, 3.63) is 80.5 Å². The molecule has 2 aliphatic rings. The first-order chi connectivity index (χ1) is 23.8. The van der Waals surface area contributed by atoms with Crippen LogP contribution >= 0.6 is 0 Å². The Bertz CT molecular complexity index is 2080. The van der Waals surface area contributed by atoms with Gasteiger partial charge in [0.15, 0.2) is 23.1 Å². The summed E-state index contributed by atoms with van der Waals surface area (Å²) in [6.45, 7) is 5.79. The summed E-state index contributed by atoms with van der Waals surface area (Å²) in [6.07, 6.45) is -1.93. The van der Waals surface area contributed by atoms with E-state index in [9.17, 15) is 37.1 Å². The van der Waals surface area contributed by atoms with Crippen molar-refractivity contribution in [1.29, 1.82) is 0 Å². The van der Waals surface area contributed by atoms with Crippen molar-refractivity contribution in [2.45, 2.75) is 46.3 Å². The minimum absolute atomic E-state index is 0.106. The van der Waals surface area contributed by atoms with E-state index in [1.807, 2.05) is 13.0 Å². The van der Waals surface area contributed by atoms with Crippen LogP contribution in [0.2, 0.25) is 0 Å². The molecule has 4 aromatic rings. The minimum Gasteiger partial charge on any atom is -0.503 e. The average molecular weight is 699 g/mol. The maximum atomic E-state index is 14.2. The number of aryl methyl sites for hydroxylation is 2. The zero-order valence-electron chi connectivity index (χ0n) is 27.5. The molecule has 3 aromatic heterocycles. The summed E-state index contributed by atoms with van der Waals surface area (Å²) in [4.78, 5) is 52.7. The number of piperazine rings is 1. The average Bonchev–Trinajstić information content (AvgIpc) is 3.54. The zero-order valence-corrected chi connectivity index (χ0v) is 27.5. The van der Waals surface area contributed by atoms with Crippen LogP contribution in [0.3, 0.4) is 0 Å². The van der Waals surface area contributed by atoms with Gasteiger partial charge in [0.2, 0.25) is 11.7 Å². The molecule has 17 heteroatoms. The first kappa shape index (κ1) is 34.5. The molecule has 0 atom stereocenters. The highest BCUT2D eigenvalue weighted by Crippen LogP contribution is 2.32. The molecule has 0 radical (unpaired) electrons. The number of carbonyl (C=O) groups is 2. The Morgan fingerprint density at radius 1 is 1.08 bits per heavy atom. The molecule has 6 rings (SSSR count). The summed E-state index contributed by atoms with van der Waals surface area (Å²) in [5.74, 6) is -2.62. The highest BCUT2D eigenvalue weighted by atomic mass is 19.4. The normalized spacial score (nSPS) is 15.4. The molecule has 1 saturated heterocycles. The molecule has 0 unspecified atom stereocenters. The molecule has 1 fully saturated rings. The van der Waals surface area contributed by atoms with Crippen LogP contribution in [0, 0.1) is 19.7 Å². The van der Waals surface area contributed by atoms with Crippen molar-refractivity contribution in [3.8, 4) is 5.75 Å². The smallest absolute Gasteiger partial charge is 0.416 e. The van der Waals surface area contributed by atoms with E-state index in [1.54, 1.807) is 9.47 Å². The van der Waals surface area contributed by atoms with E-state index >= 15 is 0 Å². The maximum absolute atomic E-state index is 14.2. The molecule has 1 aromatic carbocycles. The third-order valence-corrected chi connectivity index (χ3v) is 8.70. The van der Waals surface area contributed by atoms with E-state index in [0.29, 0.717) is 31.2 Å². The fourth-order valence-corrected chi connectivity index (χ4v) is 6.17. The van der Waals surface area contributed by atoms with Crippen LogP contribution in [0.1, 0.15) is 52.2 Å². The molecule has 2 N–H and O–H groups in total. The summed E-state index contributed by atoms with van der Waals surface area (Å²) in [5, 5.41) is 17.4. The van der Waals surface area contributed by atoms with Crippen molar-refractivity contribution >= 4 is 34.5 Å². The van der Waals surface area contributed by atoms with Crippen LogP contribution in [-0.2, 0) is 28.7 Å². The fourth-order valence-electron chi connectivity index (χ4n) is 6.17. The molecule has 0 saturated carbocycles. The molecular weight excluding hydrogens is 664 g/mol. The Hall–Kier alpha value is -5.32. The zero-order chi connectivity index (χ0) is 35.9. The topological polar surface area (TPSA) is 147 Å². The SMILES string of the molecule is CCc1c(N2CCN(C(=O)c3nc(C)cc(F)c3O)CC2)c(=O)n2nc(C3=CCOCC3)nc2n1CC(=O)Nc1ccc(C(F)(F)F)cc1C. The Balaban J connectivity index is 1.35. The number of nitrogens with one attached hydrogen (secondary N) is 1. The predicted octanol–water partition coefficient (Wildman–Crippen LogP) is 3.73. The highest BCUT2D eigenvalue weighted by Gasteiger charge is 2.32. The van der Waals surface area contributed by atoms with Gasteiger partial charge in [-0.1, -0.05) is 13.0 Å². The summed E-state index contributed by atoms with van der Waals surface area (Å²) in [5.41, 5.74) is 0.383. The number of fused-ring (bicyclic) bond motifs is 1. The van der Waals surface area contributed by atoms with Gasteiger partial charge in [-0.15, -0.1) is 5.10 Å². The molecule has 2 amide bonds. The number of pyridine rings is 1. The number of benzene rings is 1. The Morgan fingerprint density at radius 3 is 2.46 bits per heavy atom. The van der Waals surface area contributed by atoms with Crippen LogP contribution in [0.5, 0.6) is 5.75 Å². The monoisotopic (exact) mass is 698 g/mol. The molecule has 264 valence electrons. The summed E-state index contributed by atoms with van der Waals surface area (Å²) in [7, 11) is 0.